The molecule has 202 valence electrons. The first-order chi connectivity index (χ1) is 18.2. The largest absolute Gasteiger partial charge is 0.495 e. The van der Waals surface area contributed by atoms with Gasteiger partial charge in [-0.15, -0.1) is 0 Å². The van der Waals surface area contributed by atoms with Crippen LogP contribution in [0.1, 0.15) is 10.4 Å². The third-order valence-electron chi connectivity index (χ3n) is 5.76. The summed E-state index contributed by atoms with van der Waals surface area (Å²) in [6.45, 7) is 0.781. The zero-order valence-corrected chi connectivity index (χ0v) is 22.3. The van der Waals surface area contributed by atoms with Crippen LogP contribution >= 0.6 is 0 Å². The highest BCUT2D eigenvalue weighted by Crippen LogP contribution is 2.38. The van der Waals surface area contributed by atoms with Gasteiger partial charge < -0.3 is 19.5 Å². The number of benzene rings is 3. The lowest BCUT2D eigenvalue weighted by molar-refractivity contribution is 0.0729. The van der Waals surface area contributed by atoms with Crippen molar-refractivity contribution in [1.82, 2.24) is 4.31 Å². The summed E-state index contributed by atoms with van der Waals surface area (Å²) in [5, 5.41) is 2.70. The molecule has 0 aromatic heterocycles. The maximum Gasteiger partial charge on any atom is 0.262 e. The van der Waals surface area contributed by atoms with Crippen molar-refractivity contribution in [3.05, 3.63) is 72.3 Å². The number of anilines is 2. The first kappa shape index (κ1) is 27.4. The Morgan fingerprint density at radius 3 is 2.21 bits per heavy atom. The number of amides is 1. The summed E-state index contributed by atoms with van der Waals surface area (Å²) in [6.07, 6.45) is 0. The number of carbonyl (C=O) groups excluding carboxylic acids is 1. The lowest BCUT2D eigenvalue weighted by atomic mass is 10.2. The number of rotatable bonds is 9. The topological polar surface area (TPSA) is 140 Å². The van der Waals surface area contributed by atoms with Gasteiger partial charge in [-0.05, 0) is 36.4 Å². The zero-order valence-electron chi connectivity index (χ0n) is 20.7. The molecule has 1 saturated heterocycles. The van der Waals surface area contributed by atoms with Crippen LogP contribution in [-0.4, -0.2) is 67.6 Å². The molecule has 0 bridgehead atoms. The monoisotopic (exact) mass is 561 g/mol. The number of para-hydroxylation sites is 1. The highest BCUT2D eigenvalue weighted by Gasteiger charge is 2.31. The van der Waals surface area contributed by atoms with Crippen molar-refractivity contribution < 1.29 is 35.8 Å². The SMILES string of the molecule is COc1cc(OC)c(S(=O)(=O)N2CCOCC2)cc1NS(=O)(=O)c1cccc(C(=O)Nc2ccccc2)c1. The Balaban J connectivity index is 1.67. The minimum atomic E-state index is -4.26. The van der Waals surface area contributed by atoms with Gasteiger partial charge in [0.2, 0.25) is 10.0 Å². The van der Waals surface area contributed by atoms with Gasteiger partial charge in [-0.1, -0.05) is 24.3 Å². The Hall–Kier alpha value is -3.65. The maximum absolute atomic E-state index is 13.4. The molecule has 0 atom stereocenters. The minimum absolute atomic E-state index is 0.00382. The smallest absolute Gasteiger partial charge is 0.262 e. The van der Waals surface area contributed by atoms with Crippen LogP contribution in [0.2, 0.25) is 0 Å². The van der Waals surface area contributed by atoms with E-state index in [4.69, 9.17) is 14.2 Å². The van der Waals surface area contributed by atoms with E-state index >= 15 is 0 Å². The van der Waals surface area contributed by atoms with Gasteiger partial charge >= 0.3 is 0 Å². The van der Waals surface area contributed by atoms with Crippen molar-refractivity contribution in [2.24, 2.45) is 0 Å². The average molecular weight is 562 g/mol. The Bertz CT molecular complexity index is 1520. The fourth-order valence-electron chi connectivity index (χ4n) is 3.81. The lowest BCUT2D eigenvalue weighted by Gasteiger charge is -2.27. The lowest BCUT2D eigenvalue weighted by Crippen LogP contribution is -2.40. The van der Waals surface area contributed by atoms with Gasteiger partial charge in [-0.2, -0.15) is 4.31 Å². The number of hydrogen-bond acceptors (Lipinski definition) is 8. The van der Waals surface area contributed by atoms with Crippen molar-refractivity contribution >= 4 is 37.3 Å². The molecule has 1 fully saturated rings. The van der Waals surface area contributed by atoms with E-state index in [9.17, 15) is 21.6 Å². The van der Waals surface area contributed by atoms with Gasteiger partial charge in [0.1, 0.15) is 16.4 Å². The molecule has 1 heterocycles. The summed E-state index contributed by atoms with van der Waals surface area (Å²) in [5.41, 5.74) is 0.564. The van der Waals surface area contributed by atoms with Crippen LogP contribution < -0.4 is 19.5 Å². The summed E-state index contributed by atoms with van der Waals surface area (Å²) in [7, 11) is -5.67. The zero-order chi connectivity index (χ0) is 27.3. The molecular weight excluding hydrogens is 534 g/mol. The molecule has 1 aliphatic heterocycles. The summed E-state index contributed by atoms with van der Waals surface area (Å²) in [4.78, 5) is 12.3. The summed E-state index contributed by atoms with van der Waals surface area (Å²) >= 11 is 0. The number of methoxy groups -OCH3 is 2. The molecular formula is C25H27N3O8S2. The van der Waals surface area contributed by atoms with Gasteiger partial charge in [0.15, 0.2) is 0 Å². The van der Waals surface area contributed by atoms with E-state index in [0.29, 0.717) is 5.69 Å². The minimum Gasteiger partial charge on any atom is -0.495 e. The van der Waals surface area contributed by atoms with Crippen molar-refractivity contribution in [1.29, 1.82) is 0 Å². The van der Waals surface area contributed by atoms with Gasteiger partial charge in [0.25, 0.3) is 15.9 Å². The van der Waals surface area contributed by atoms with E-state index in [1.165, 1.54) is 48.9 Å². The predicted octanol–water partition coefficient (Wildman–Crippen LogP) is 2.78. The van der Waals surface area contributed by atoms with Crippen molar-refractivity contribution in [2.45, 2.75) is 9.79 Å². The quantitative estimate of drug-likeness (QED) is 0.407. The Morgan fingerprint density at radius 1 is 0.868 bits per heavy atom. The average Bonchev–Trinajstić information content (AvgIpc) is 2.93. The molecule has 13 heteroatoms. The number of carbonyl (C=O) groups is 1. The third kappa shape index (κ3) is 5.91. The molecule has 0 saturated carbocycles. The molecule has 0 aliphatic carbocycles. The number of nitrogens with zero attached hydrogens (tertiary/aromatic N) is 1. The Kier molecular flexibility index (Phi) is 8.21. The van der Waals surface area contributed by atoms with E-state index in [2.05, 4.69) is 10.0 Å². The fraction of sp³-hybridized carbons (Fsp3) is 0.240. The highest BCUT2D eigenvalue weighted by atomic mass is 32.2. The third-order valence-corrected chi connectivity index (χ3v) is 9.04. The molecule has 4 rings (SSSR count). The van der Waals surface area contributed by atoms with Crippen LogP contribution in [0.5, 0.6) is 11.5 Å². The van der Waals surface area contributed by atoms with Crippen LogP contribution in [0.15, 0.2) is 76.5 Å². The predicted molar refractivity (Wildman–Crippen MR) is 141 cm³/mol. The van der Waals surface area contributed by atoms with Crippen LogP contribution in [-0.2, 0) is 24.8 Å². The van der Waals surface area contributed by atoms with Crippen molar-refractivity contribution in [3.63, 3.8) is 0 Å². The summed E-state index contributed by atoms with van der Waals surface area (Å²) < 4.78 is 72.8. The fourth-order valence-corrected chi connectivity index (χ4v) is 6.49. The first-order valence-electron chi connectivity index (χ1n) is 11.5. The molecule has 38 heavy (non-hydrogen) atoms. The number of ether oxygens (including phenoxy) is 3. The normalized spacial score (nSPS) is 14.5. The van der Waals surface area contributed by atoms with E-state index in [1.54, 1.807) is 30.3 Å². The standard InChI is InChI=1S/C25H27N3O8S2/c1-34-22-17-23(35-2)24(38(32,33)28-11-13-36-14-12-28)16-21(22)27-37(30,31)20-10-6-7-18(15-20)25(29)26-19-8-4-3-5-9-19/h3-10,15-17,27H,11-14H2,1-2H3,(H,26,29). The first-order valence-corrected chi connectivity index (χ1v) is 14.4. The Morgan fingerprint density at radius 2 is 1.55 bits per heavy atom. The summed E-state index contributed by atoms with van der Waals surface area (Å²) in [6, 6.07) is 16.7. The van der Waals surface area contributed by atoms with Gasteiger partial charge in [-0.25, -0.2) is 16.8 Å². The highest BCUT2D eigenvalue weighted by molar-refractivity contribution is 7.92. The molecule has 0 unspecified atom stereocenters. The maximum atomic E-state index is 13.4. The second kappa shape index (κ2) is 11.4. The number of hydrogen-bond donors (Lipinski definition) is 2. The Labute approximate surface area is 221 Å². The second-order valence-electron chi connectivity index (χ2n) is 8.17. The molecule has 3 aromatic rings. The van der Waals surface area contributed by atoms with Crippen molar-refractivity contribution in [2.75, 3.05) is 50.6 Å². The van der Waals surface area contributed by atoms with E-state index in [1.807, 2.05) is 0 Å². The van der Waals surface area contributed by atoms with Crippen molar-refractivity contribution in [3.8, 4) is 11.5 Å². The molecule has 0 radical (unpaired) electrons. The number of nitrogens with one attached hydrogen (secondary N) is 2. The number of sulfonamides is 2. The van der Waals surface area contributed by atoms with Crippen LogP contribution in [0.25, 0.3) is 0 Å². The second-order valence-corrected chi connectivity index (χ2v) is 11.8. The molecule has 3 aromatic carbocycles. The van der Waals surface area contributed by atoms with E-state index in [0.717, 1.165) is 6.07 Å². The molecule has 1 aliphatic rings. The number of morpholine rings is 1. The summed E-state index contributed by atoms with van der Waals surface area (Å²) in [5.74, 6) is -0.450. The van der Waals surface area contributed by atoms with Gasteiger partial charge in [0, 0.05) is 30.4 Å². The molecule has 1 amide bonds. The van der Waals surface area contributed by atoms with Crippen LogP contribution in [0.3, 0.4) is 0 Å². The van der Waals surface area contributed by atoms with Gasteiger partial charge in [-0.3, -0.25) is 9.52 Å². The van der Waals surface area contributed by atoms with E-state index < -0.39 is 26.0 Å². The van der Waals surface area contributed by atoms with Crippen LogP contribution in [0, 0.1) is 0 Å². The van der Waals surface area contributed by atoms with E-state index in [-0.39, 0.29) is 58.8 Å². The van der Waals surface area contributed by atoms with Gasteiger partial charge in [0.05, 0.1) is 38.0 Å². The molecule has 11 nitrogen and oxygen atoms in total. The molecule has 0 spiro atoms. The van der Waals surface area contributed by atoms with Crippen LogP contribution in [0.4, 0.5) is 11.4 Å². The molecule has 2 N–H and O–H groups in total.